The van der Waals surface area contributed by atoms with Gasteiger partial charge in [0.05, 0.1) is 0 Å². The van der Waals surface area contributed by atoms with Crippen molar-refractivity contribution in [3.05, 3.63) is 100 Å². The number of anilines is 2. The molecule has 162 valence electrons. The van der Waals surface area contributed by atoms with Gasteiger partial charge in [-0.3, -0.25) is 14.5 Å². The number of rotatable bonds is 4. The molecular formula is C27H25ClN2O2. The van der Waals surface area contributed by atoms with E-state index in [1.165, 1.54) is 0 Å². The third-order valence-electron chi connectivity index (χ3n) is 5.85. The van der Waals surface area contributed by atoms with Gasteiger partial charge in [-0.05, 0) is 79.4 Å². The van der Waals surface area contributed by atoms with Crippen LogP contribution in [0.4, 0.5) is 11.4 Å². The van der Waals surface area contributed by atoms with Gasteiger partial charge in [0.15, 0.2) is 0 Å². The van der Waals surface area contributed by atoms with Crippen molar-refractivity contribution in [3.8, 4) is 0 Å². The summed E-state index contributed by atoms with van der Waals surface area (Å²) >= 11 is 6.06. The molecule has 3 aromatic rings. The molecule has 1 fully saturated rings. The van der Waals surface area contributed by atoms with E-state index in [0.29, 0.717) is 10.7 Å². The molecule has 0 saturated carbocycles. The second-order valence-corrected chi connectivity index (χ2v) is 8.57. The zero-order valence-corrected chi connectivity index (χ0v) is 19.1. The summed E-state index contributed by atoms with van der Waals surface area (Å²) in [5.41, 5.74) is 5.38. The minimum atomic E-state index is -0.751. The van der Waals surface area contributed by atoms with Crippen molar-refractivity contribution < 1.29 is 9.59 Å². The molecule has 0 aliphatic carbocycles. The van der Waals surface area contributed by atoms with Gasteiger partial charge in [-0.2, -0.15) is 0 Å². The number of benzene rings is 3. The molecule has 0 radical (unpaired) electrons. The highest BCUT2D eigenvalue weighted by molar-refractivity contribution is 6.30. The minimum absolute atomic E-state index is 0.0148. The highest BCUT2D eigenvalue weighted by atomic mass is 35.5. The summed E-state index contributed by atoms with van der Waals surface area (Å²) in [4.78, 5) is 30.4. The van der Waals surface area contributed by atoms with E-state index >= 15 is 0 Å². The Hall–Kier alpha value is -3.37. The molecule has 4 nitrogen and oxygen atoms in total. The Morgan fingerprint density at radius 2 is 1.56 bits per heavy atom. The van der Waals surface area contributed by atoms with Gasteiger partial charge >= 0.3 is 0 Å². The number of aryl methyl sites for hydroxylation is 2. The molecule has 1 atom stereocenters. The SMILES string of the molecule is C/C(=C/c1ccccc1)[C@@H]1C(=O)N(c2ccc(C)c(C)c2)CC(=O)N1c1ccc(Cl)cc1. The molecule has 0 N–H and O–H groups in total. The molecule has 32 heavy (non-hydrogen) atoms. The zero-order chi connectivity index (χ0) is 22.8. The number of hydrogen-bond donors (Lipinski definition) is 0. The Balaban J connectivity index is 1.80. The molecule has 4 rings (SSSR count). The van der Waals surface area contributed by atoms with Crippen LogP contribution in [0.25, 0.3) is 6.08 Å². The van der Waals surface area contributed by atoms with Crippen molar-refractivity contribution in [3.63, 3.8) is 0 Å². The molecule has 3 aromatic carbocycles. The maximum Gasteiger partial charge on any atom is 0.254 e. The summed E-state index contributed by atoms with van der Waals surface area (Å²) in [5.74, 6) is -0.275. The first-order chi connectivity index (χ1) is 15.3. The fraction of sp³-hybridized carbons (Fsp3) is 0.185. The number of carbonyl (C=O) groups is 2. The van der Waals surface area contributed by atoms with Crippen molar-refractivity contribution in [1.82, 2.24) is 0 Å². The summed E-state index contributed by atoms with van der Waals surface area (Å²) < 4.78 is 0. The topological polar surface area (TPSA) is 40.6 Å². The molecule has 1 aliphatic heterocycles. The maximum atomic E-state index is 13.8. The second kappa shape index (κ2) is 9.01. The Morgan fingerprint density at radius 3 is 2.22 bits per heavy atom. The summed E-state index contributed by atoms with van der Waals surface area (Å²) in [6, 6.07) is 21.9. The normalized spacial score (nSPS) is 17.1. The van der Waals surface area contributed by atoms with Crippen LogP contribution >= 0.6 is 11.6 Å². The lowest BCUT2D eigenvalue weighted by molar-refractivity contribution is -0.127. The van der Waals surface area contributed by atoms with E-state index in [9.17, 15) is 9.59 Å². The molecule has 2 amide bonds. The standard InChI is InChI=1S/C27H25ClN2O2/c1-18-9-12-24(16-19(18)2)29-17-25(31)30(23-13-10-22(28)11-14-23)26(27(29)32)20(3)15-21-7-5-4-6-8-21/h4-16,26H,17H2,1-3H3/b20-15-/t26-/m1/s1. The van der Waals surface area contributed by atoms with E-state index < -0.39 is 6.04 Å². The van der Waals surface area contributed by atoms with Gasteiger partial charge in [0.25, 0.3) is 5.91 Å². The van der Waals surface area contributed by atoms with Crippen LogP contribution in [0.15, 0.2) is 78.4 Å². The predicted molar refractivity (Wildman–Crippen MR) is 131 cm³/mol. The van der Waals surface area contributed by atoms with Crippen molar-refractivity contribution in [1.29, 1.82) is 0 Å². The lowest BCUT2D eigenvalue weighted by atomic mass is 9.98. The van der Waals surface area contributed by atoms with Crippen molar-refractivity contribution in [2.75, 3.05) is 16.3 Å². The summed E-state index contributed by atoms with van der Waals surface area (Å²) in [6.45, 7) is 5.92. The van der Waals surface area contributed by atoms with E-state index in [1.807, 2.05) is 75.4 Å². The third-order valence-corrected chi connectivity index (χ3v) is 6.10. The van der Waals surface area contributed by atoms with Crippen molar-refractivity contribution in [2.45, 2.75) is 26.8 Å². The molecule has 1 saturated heterocycles. The molecule has 1 heterocycles. The number of hydrogen-bond acceptors (Lipinski definition) is 2. The molecular weight excluding hydrogens is 420 g/mol. The van der Waals surface area contributed by atoms with Crippen LogP contribution in [0.1, 0.15) is 23.6 Å². The van der Waals surface area contributed by atoms with E-state index in [-0.39, 0.29) is 18.4 Å². The van der Waals surface area contributed by atoms with E-state index in [0.717, 1.165) is 28.0 Å². The Bertz CT molecular complexity index is 1190. The Kier molecular flexibility index (Phi) is 6.15. The molecule has 0 spiro atoms. The van der Waals surface area contributed by atoms with Gasteiger partial charge in [0, 0.05) is 16.4 Å². The van der Waals surface area contributed by atoms with Gasteiger partial charge < -0.3 is 4.90 Å². The van der Waals surface area contributed by atoms with Gasteiger partial charge in [-0.15, -0.1) is 0 Å². The predicted octanol–water partition coefficient (Wildman–Crippen LogP) is 5.81. The lowest BCUT2D eigenvalue weighted by Crippen LogP contribution is -2.61. The largest absolute Gasteiger partial charge is 0.301 e. The quantitative estimate of drug-likeness (QED) is 0.509. The Morgan fingerprint density at radius 1 is 0.906 bits per heavy atom. The van der Waals surface area contributed by atoms with Gasteiger partial charge in [-0.25, -0.2) is 0 Å². The summed E-state index contributed by atoms with van der Waals surface area (Å²) in [5, 5.41) is 0.578. The van der Waals surface area contributed by atoms with E-state index in [2.05, 4.69) is 0 Å². The minimum Gasteiger partial charge on any atom is -0.301 e. The first kappa shape index (κ1) is 21.8. The zero-order valence-electron chi connectivity index (χ0n) is 18.4. The van der Waals surface area contributed by atoms with Crippen molar-refractivity contribution >= 4 is 40.9 Å². The molecule has 0 unspecified atom stereocenters. The first-order valence-corrected chi connectivity index (χ1v) is 10.9. The van der Waals surface area contributed by atoms with Crippen LogP contribution in [-0.4, -0.2) is 24.4 Å². The molecule has 5 heteroatoms. The number of carbonyl (C=O) groups excluding carboxylic acids is 2. The monoisotopic (exact) mass is 444 g/mol. The number of nitrogens with zero attached hydrogens (tertiary/aromatic N) is 2. The average Bonchev–Trinajstić information content (AvgIpc) is 2.78. The molecule has 0 bridgehead atoms. The third kappa shape index (κ3) is 4.32. The van der Waals surface area contributed by atoms with E-state index in [1.54, 1.807) is 34.1 Å². The average molecular weight is 445 g/mol. The van der Waals surface area contributed by atoms with Crippen molar-refractivity contribution in [2.24, 2.45) is 0 Å². The lowest BCUT2D eigenvalue weighted by Gasteiger charge is -2.41. The maximum absolute atomic E-state index is 13.8. The molecule has 0 aromatic heterocycles. The summed E-state index contributed by atoms with van der Waals surface area (Å²) in [6.07, 6.45) is 1.96. The smallest absolute Gasteiger partial charge is 0.254 e. The van der Waals surface area contributed by atoms with Crippen LogP contribution < -0.4 is 9.80 Å². The van der Waals surface area contributed by atoms with Crippen LogP contribution in [-0.2, 0) is 9.59 Å². The highest BCUT2D eigenvalue weighted by Gasteiger charge is 2.41. The van der Waals surface area contributed by atoms with Gasteiger partial charge in [0.1, 0.15) is 12.6 Å². The first-order valence-electron chi connectivity index (χ1n) is 10.5. The van der Waals surface area contributed by atoms with E-state index in [4.69, 9.17) is 11.6 Å². The van der Waals surface area contributed by atoms with Gasteiger partial charge in [0.2, 0.25) is 5.91 Å². The number of piperazine rings is 1. The molecule has 1 aliphatic rings. The highest BCUT2D eigenvalue weighted by Crippen LogP contribution is 2.31. The van der Waals surface area contributed by atoms with Crippen LogP contribution in [0, 0.1) is 13.8 Å². The van der Waals surface area contributed by atoms with Crippen LogP contribution in [0.3, 0.4) is 0 Å². The fourth-order valence-corrected chi connectivity index (χ4v) is 4.11. The summed E-state index contributed by atoms with van der Waals surface area (Å²) in [7, 11) is 0. The Labute approximate surface area is 193 Å². The van der Waals surface area contributed by atoms with Crippen LogP contribution in [0.5, 0.6) is 0 Å². The van der Waals surface area contributed by atoms with Crippen LogP contribution in [0.2, 0.25) is 5.02 Å². The number of amides is 2. The fourth-order valence-electron chi connectivity index (χ4n) is 3.99. The second-order valence-electron chi connectivity index (χ2n) is 8.13. The van der Waals surface area contributed by atoms with Gasteiger partial charge in [-0.1, -0.05) is 54.1 Å². The number of halogens is 1.